The zero-order chi connectivity index (χ0) is 14.2. The van der Waals surface area contributed by atoms with E-state index in [1.807, 2.05) is 12.1 Å². The van der Waals surface area contributed by atoms with Gasteiger partial charge in [0, 0.05) is 17.5 Å². The summed E-state index contributed by atoms with van der Waals surface area (Å²) in [6, 6.07) is 6.12. The third kappa shape index (κ3) is 2.51. The molecule has 0 saturated carbocycles. The number of hydrogen-bond acceptors (Lipinski definition) is 4. The van der Waals surface area contributed by atoms with Crippen molar-refractivity contribution in [3.05, 3.63) is 45.7 Å². The van der Waals surface area contributed by atoms with Gasteiger partial charge in [0.05, 0.1) is 19.3 Å². The van der Waals surface area contributed by atoms with Gasteiger partial charge in [0.15, 0.2) is 0 Å². The number of aliphatic hydroxyl groups is 1. The Labute approximate surface area is 125 Å². The SMILES string of the molecule is Cc1cccc(Cn2cc(C3(O)CCOC3)nn2)c1Br. The van der Waals surface area contributed by atoms with Crippen LogP contribution >= 0.6 is 15.9 Å². The van der Waals surface area contributed by atoms with Gasteiger partial charge in [0.25, 0.3) is 0 Å². The molecule has 1 unspecified atom stereocenters. The zero-order valence-corrected chi connectivity index (χ0v) is 12.8. The molecule has 1 saturated heterocycles. The van der Waals surface area contributed by atoms with Crippen molar-refractivity contribution in [2.45, 2.75) is 25.5 Å². The van der Waals surface area contributed by atoms with Gasteiger partial charge < -0.3 is 9.84 Å². The van der Waals surface area contributed by atoms with Crippen molar-refractivity contribution in [2.24, 2.45) is 0 Å². The number of halogens is 1. The summed E-state index contributed by atoms with van der Waals surface area (Å²) in [5.74, 6) is 0. The topological polar surface area (TPSA) is 60.2 Å². The molecular formula is C14H16BrN3O2. The van der Waals surface area contributed by atoms with E-state index in [1.54, 1.807) is 10.9 Å². The minimum absolute atomic E-state index is 0.292. The van der Waals surface area contributed by atoms with Gasteiger partial charge in [-0.1, -0.05) is 39.3 Å². The Bertz CT molecular complexity index is 621. The maximum Gasteiger partial charge on any atom is 0.135 e. The molecule has 20 heavy (non-hydrogen) atoms. The fraction of sp³-hybridized carbons (Fsp3) is 0.429. The lowest BCUT2D eigenvalue weighted by Crippen LogP contribution is -2.26. The smallest absolute Gasteiger partial charge is 0.135 e. The minimum atomic E-state index is -0.984. The van der Waals surface area contributed by atoms with Crippen molar-refractivity contribution in [1.82, 2.24) is 15.0 Å². The molecule has 1 aliphatic heterocycles. The summed E-state index contributed by atoms with van der Waals surface area (Å²) in [5.41, 5.74) is 1.92. The average Bonchev–Trinajstić information content (AvgIpc) is 3.05. The fourth-order valence-electron chi connectivity index (χ4n) is 2.35. The Morgan fingerprint density at radius 2 is 2.35 bits per heavy atom. The van der Waals surface area contributed by atoms with Gasteiger partial charge in [0.2, 0.25) is 0 Å². The fourth-order valence-corrected chi connectivity index (χ4v) is 2.74. The van der Waals surface area contributed by atoms with Crippen LogP contribution in [0.5, 0.6) is 0 Å². The van der Waals surface area contributed by atoms with E-state index in [1.165, 1.54) is 5.56 Å². The third-order valence-electron chi connectivity index (χ3n) is 3.62. The molecule has 3 rings (SSSR count). The lowest BCUT2D eigenvalue weighted by molar-refractivity contribution is 0.0193. The zero-order valence-electron chi connectivity index (χ0n) is 11.2. The lowest BCUT2D eigenvalue weighted by atomic mass is 10.0. The van der Waals surface area contributed by atoms with Crippen molar-refractivity contribution >= 4 is 15.9 Å². The van der Waals surface area contributed by atoms with Gasteiger partial charge in [-0.15, -0.1) is 5.10 Å². The first-order chi connectivity index (χ1) is 9.58. The molecule has 1 aliphatic rings. The first kappa shape index (κ1) is 13.7. The summed E-state index contributed by atoms with van der Waals surface area (Å²) < 4.78 is 8.07. The number of nitrogens with zero attached hydrogens (tertiary/aromatic N) is 3. The number of aromatic nitrogens is 3. The molecule has 1 aromatic carbocycles. The molecule has 5 nitrogen and oxygen atoms in total. The molecule has 2 heterocycles. The van der Waals surface area contributed by atoms with Crippen molar-refractivity contribution in [3.63, 3.8) is 0 Å². The van der Waals surface area contributed by atoms with Crippen LogP contribution in [0.4, 0.5) is 0 Å². The van der Waals surface area contributed by atoms with Crippen LogP contribution in [0.3, 0.4) is 0 Å². The molecule has 0 radical (unpaired) electrons. The first-order valence-electron chi connectivity index (χ1n) is 6.53. The van der Waals surface area contributed by atoms with Gasteiger partial charge in [-0.2, -0.15) is 0 Å². The van der Waals surface area contributed by atoms with E-state index < -0.39 is 5.60 Å². The van der Waals surface area contributed by atoms with E-state index in [9.17, 15) is 5.11 Å². The third-order valence-corrected chi connectivity index (χ3v) is 4.76. The van der Waals surface area contributed by atoms with Gasteiger partial charge in [-0.3, -0.25) is 0 Å². The highest BCUT2D eigenvalue weighted by Gasteiger charge is 2.37. The van der Waals surface area contributed by atoms with Crippen LogP contribution in [0.2, 0.25) is 0 Å². The Morgan fingerprint density at radius 1 is 1.50 bits per heavy atom. The van der Waals surface area contributed by atoms with Crippen LogP contribution in [0.25, 0.3) is 0 Å². The highest BCUT2D eigenvalue weighted by molar-refractivity contribution is 9.10. The lowest BCUT2D eigenvalue weighted by Gasteiger charge is -2.15. The maximum atomic E-state index is 10.4. The summed E-state index contributed by atoms with van der Waals surface area (Å²) in [4.78, 5) is 0. The van der Waals surface area contributed by atoms with Crippen molar-refractivity contribution < 1.29 is 9.84 Å². The quantitative estimate of drug-likeness (QED) is 0.930. The van der Waals surface area contributed by atoms with E-state index in [2.05, 4.69) is 39.2 Å². The summed E-state index contributed by atoms with van der Waals surface area (Å²) in [7, 11) is 0. The Balaban J connectivity index is 1.82. The highest BCUT2D eigenvalue weighted by Crippen LogP contribution is 2.28. The molecule has 1 atom stereocenters. The number of hydrogen-bond donors (Lipinski definition) is 1. The van der Waals surface area contributed by atoms with E-state index >= 15 is 0 Å². The normalized spacial score (nSPS) is 22.4. The standard InChI is InChI=1S/C14H16BrN3O2/c1-10-3-2-4-11(13(10)15)7-18-8-12(16-17-18)14(19)5-6-20-9-14/h2-4,8,19H,5-7,9H2,1H3. The molecular weight excluding hydrogens is 322 g/mol. The Morgan fingerprint density at radius 3 is 3.10 bits per heavy atom. The molecule has 0 aliphatic carbocycles. The molecule has 0 bridgehead atoms. The second kappa shape index (κ2) is 5.27. The number of benzene rings is 1. The molecule has 0 amide bonds. The van der Waals surface area contributed by atoms with Crippen LogP contribution in [0.1, 0.15) is 23.2 Å². The van der Waals surface area contributed by atoms with Crippen LogP contribution in [0.15, 0.2) is 28.9 Å². The van der Waals surface area contributed by atoms with Gasteiger partial charge in [0.1, 0.15) is 11.3 Å². The molecule has 1 fully saturated rings. The van der Waals surface area contributed by atoms with Crippen LogP contribution in [-0.4, -0.2) is 33.3 Å². The summed E-state index contributed by atoms with van der Waals surface area (Å²) >= 11 is 3.59. The summed E-state index contributed by atoms with van der Waals surface area (Å²) in [6.45, 7) is 3.53. The van der Waals surface area contributed by atoms with Crippen LogP contribution in [0, 0.1) is 6.92 Å². The van der Waals surface area contributed by atoms with E-state index in [0.29, 0.717) is 31.9 Å². The molecule has 2 aromatic rings. The molecule has 106 valence electrons. The maximum absolute atomic E-state index is 10.4. The van der Waals surface area contributed by atoms with Gasteiger partial charge in [-0.25, -0.2) is 4.68 Å². The second-order valence-corrected chi connectivity index (χ2v) is 5.98. The predicted molar refractivity (Wildman–Crippen MR) is 77.3 cm³/mol. The molecule has 6 heteroatoms. The van der Waals surface area contributed by atoms with Crippen molar-refractivity contribution in [3.8, 4) is 0 Å². The highest BCUT2D eigenvalue weighted by atomic mass is 79.9. The largest absolute Gasteiger partial charge is 0.381 e. The van der Waals surface area contributed by atoms with E-state index in [-0.39, 0.29) is 0 Å². The summed E-state index contributed by atoms with van der Waals surface area (Å²) in [6.07, 6.45) is 2.36. The van der Waals surface area contributed by atoms with Crippen LogP contribution in [-0.2, 0) is 16.9 Å². The molecule has 1 aromatic heterocycles. The van der Waals surface area contributed by atoms with Gasteiger partial charge in [-0.05, 0) is 18.1 Å². The first-order valence-corrected chi connectivity index (χ1v) is 7.32. The minimum Gasteiger partial charge on any atom is -0.381 e. The van der Waals surface area contributed by atoms with E-state index in [0.717, 1.165) is 10.0 Å². The predicted octanol–water partition coefficient (Wildman–Crippen LogP) is 2.01. The van der Waals surface area contributed by atoms with Gasteiger partial charge >= 0.3 is 0 Å². The number of aryl methyl sites for hydroxylation is 1. The van der Waals surface area contributed by atoms with E-state index in [4.69, 9.17) is 4.74 Å². The summed E-state index contributed by atoms with van der Waals surface area (Å²) in [5, 5.41) is 18.6. The molecule has 0 spiro atoms. The number of ether oxygens (including phenoxy) is 1. The van der Waals surface area contributed by atoms with Crippen molar-refractivity contribution in [2.75, 3.05) is 13.2 Å². The average molecular weight is 338 g/mol. The Kier molecular flexibility index (Phi) is 3.62. The van der Waals surface area contributed by atoms with Crippen LogP contribution < -0.4 is 0 Å². The Hall–Kier alpha value is -1.24. The number of rotatable bonds is 3. The molecule has 1 N–H and O–H groups in total. The monoisotopic (exact) mass is 337 g/mol. The second-order valence-electron chi connectivity index (χ2n) is 5.18. The van der Waals surface area contributed by atoms with Crippen molar-refractivity contribution in [1.29, 1.82) is 0 Å².